The van der Waals surface area contributed by atoms with Gasteiger partial charge in [0.25, 0.3) is 0 Å². The van der Waals surface area contributed by atoms with Gasteiger partial charge in [-0.25, -0.2) is 0 Å². The predicted octanol–water partition coefficient (Wildman–Crippen LogP) is 4.34. The van der Waals surface area contributed by atoms with Gasteiger partial charge in [0.15, 0.2) is 5.75 Å². The molecule has 1 heterocycles. The first-order valence-corrected chi connectivity index (χ1v) is 6.42. The fraction of sp³-hybridized carbons (Fsp3) is 0.118. The Bertz CT molecular complexity index is 736. The molecule has 0 atom stereocenters. The van der Waals surface area contributed by atoms with Crippen LogP contribution < -0.4 is 9.47 Å². The molecule has 0 aliphatic rings. The molecule has 0 amide bonds. The van der Waals surface area contributed by atoms with Crippen molar-refractivity contribution in [3.8, 4) is 17.2 Å². The van der Waals surface area contributed by atoms with Gasteiger partial charge in [-0.15, -0.1) is 0 Å². The fourth-order valence-electron chi connectivity index (χ4n) is 2.06. The van der Waals surface area contributed by atoms with Crippen LogP contribution in [0.25, 0.3) is 10.8 Å². The number of fused-ring (bicyclic) bond motifs is 1. The van der Waals surface area contributed by atoms with Gasteiger partial charge < -0.3 is 9.47 Å². The summed E-state index contributed by atoms with van der Waals surface area (Å²) in [7, 11) is 1.66. The number of rotatable bonds is 3. The highest BCUT2D eigenvalue weighted by atomic mass is 16.5. The van der Waals surface area contributed by atoms with Gasteiger partial charge in [0.05, 0.1) is 13.3 Å². The van der Waals surface area contributed by atoms with E-state index in [2.05, 4.69) is 4.98 Å². The first kappa shape index (κ1) is 12.5. The Labute approximate surface area is 117 Å². The van der Waals surface area contributed by atoms with E-state index in [0.29, 0.717) is 0 Å². The molecule has 3 heteroatoms. The lowest BCUT2D eigenvalue weighted by Gasteiger charge is -2.09. The molecule has 0 bridgehead atoms. The van der Waals surface area contributed by atoms with Crippen molar-refractivity contribution in [2.24, 2.45) is 0 Å². The number of pyridine rings is 1. The Kier molecular flexibility index (Phi) is 3.25. The number of aromatic nitrogens is 1. The van der Waals surface area contributed by atoms with E-state index in [1.807, 2.05) is 55.6 Å². The van der Waals surface area contributed by atoms with Crippen molar-refractivity contribution in [3.05, 3.63) is 60.4 Å². The summed E-state index contributed by atoms with van der Waals surface area (Å²) < 4.78 is 11.2. The maximum absolute atomic E-state index is 5.93. The van der Waals surface area contributed by atoms with Gasteiger partial charge in [-0.1, -0.05) is 17.7 Å². The molecule has 2 aromatic carbocycles. The Hall–Kier alpha value is -2.55. The van der Waals surface area contributed by atoms with E-state index in [4.69, 9.17) is 9.47 Å². The highest BCUT2D eigenvalue weighted by molar-refractivity contribution is 5.88. The zero-order chi connectivity index (χ0) is 13.9. The van der Waals surface area contributed by atoms with Crippen LogP contribution in [-0.4, -0.2) is 12.1 Å². The first-order valence-electron chi connectivity index (χ1n) is 6.42. The van der Waals surface area contributed by atoms with Gasteiger partial charge in [-0.05, 0) is 37.3 Å². The third-order valence-corrected chi connectivity index (χ3v) is 3.18. The molecule has 0 unspecified atom stereocenters. The van der Waals surface area contributed by atoms with Crippen LogP contribution in [0.2, 0.25) is 0 Å². The van der Waals surface area contributed by atoms with Crippen molar-refractivity contribution >= 4 is 10.8 Å². The second-order valence-corrected chi connectivity index (χ2v) is 4.64. The lowest BCUT2D eigenvalue weighted by Crippen LogP contribution is -1.89. The van der Waals surface area contributed by atoms with Crippen LogP contribution in [0, 0.1) is 6.92 Å². The highest BCUT2D eigenvalue weighted by Crippen LogP contribution is 2.31. The van der Waals surface area contributed by atoms with E-state index in [1.165, 1.54) is 5.56 Å². The maximum atomic E-state index is 5.93. The van der Waals surface area contributed by atoms with E-state index < -0.39 is 0 Å². The lowest BCUT2D eigenvalue weighted by molar-refractivity contribution is 0.415. The smallest absolute Gasteiger partial charge is 0.153 e. The van der Waals surface area contributed by atoms with Gasteiger partial charge in [-0.2, -0.15) is 0 Å². The second kappa shape index (κ2) is 5.21. The molecule has 0 fully saturated rings. The van der Waals surface area contributed by atoms with E-state index in [0.717, 1.165) is 28.0 Å². The second-order valence-electron chi connectivity index (χ2n) is 4.64. The number of ether oxygens (including phenoxy) is 2. The zero-order valence-corrected chi connectivity index (χ0v) is 11.5. The summed E-state index contributed by atoms with van der Waals surface area (Å²) in [6.07, 6.45) is 3.54. The minimum absolute atomic E-state index is 0.727. The fourth-order valence-corrected chi connectivity index (χ4v) is 2.06. The number of hydrogen-bond acceptors (Lipinski definition) is 3. The summed E-state index contributed by atoms with van der Waals surface area (Å²) in [5.74, 6) is 2.33. The first-order chi connectivity index (χ1) is 9.76. The SMILES string of the molecule is COc1ccc2cncc(Oc3ccc(C)cc3)c2c1. The monoisotopic (exact) mass is 265 g/mol. The molecule has 1 aromatic heterocycles. The molecule has 20 heavy (non-hydrogen) atoms. The minimum atomic E-state index is 0.727. The van der Waals surface area contributed by atoms with E-state index in [1.54, 1.807) is 13.3 Å². The van der Waals surface area contributed by atoms with Crippen molar-refractivity contribution in [1.82, 2.24) is 4.98 Å². The molecule has 0 saturated heterocycles. The van der Waals surface area contributed by atoms with Crippen LogP contribution in [-0.2, 0) is 0 Å². The minimum Gasteiger partial charge on any atom is -0.497 e. The van der Waals surface area contributed by atoms with Crippen LogP contribution in [0.3, 0.4) is 0 Å². The Balaban J connectivity index is 2.04. The van der Waals surface area contributed by atoms with Crippen molar-refractivity contribution in [2.45, 2.75) is 6.92 Å². The molecular formula is C17H15NO2. The standard InChI is InChI=1S/C17H15NO2/c1-12-3-6-14(7-4-12)20-17-11-18-10-13-5-8-15(19-2)9-16(13)17/h3-11H,1-2H3. The molecule has 0 radical (unpaired) electrons. The molecule has 3 rings (SSSR count). The highest BCUT2D eigenvalue weighted by Gasteiger charge is 2.05. The van der Waals surface area contributed by atoms with E-state index in [-0.39, 0.29) is 0 Å². The third-order valence-electron chi connectivity index (χ3n) is 3.18. The molecule has 0 aliphatic heterocycles. The number of hydrogen-bond donors (Lipinski definition) is 0. The summed E-state index contributed by atoms with van der Waals surface area (Å²) >= 11 is 0. The molecule has 0 spiro atoms. The van der Waals surface area contributed by atoms with Gasteiger partial charge >= 0.3 is 0 Å². The number of aryl methyl sites for hydroxylation is 1. The molecular weight excluding hydrogens is 250 g/mol. The molecule has 0 N–H and O–H groups in total. The van der Waals surface area contributed by atoms with Crippen molar-refractivity contribution < 1.29 is 9.47 Å². The van der Waals surface area contributed by atoms with E-state index >= 15 is 0 Å². The van der Waals surface area contributed by atoms with Gasteiger partial charge in [0.1, 0.15) is 11.5 Å². The molecule has 3 aromatic rings. The molecule has 100 valence electrons. The summed E-state index contributed by atoms with van der Waals surface area (Å²) in [6.45, 7) is 2.05. The van der Waals surface area contributed by atoms with Crippen molar-refractivity contribution in [1.29, 1.82) is 0 Å². The topological polar surface area (TPSA) is 31.4 Å². The molecule has 3 nitrogen and oxygen atoms in total. The van der Waals surface area contributed by atoms with Gasteiger partial charge in [-0.3, -0.25) is 4.98 Å². The average molecular weight is 265 g/mol. The Morgan fingerprint density at radius 1 is 0.900 bits per heavy atom. The normalized spacial score (nSPS) is 10.5. The zero-order valence-electron chi connectivity index (χ0n) is 11.5. The van der Waals surface area contributed by atoms with Gasteiger partial charge in [0, 0.05) is 17.0 Å². The Morgan fingerprint density at radius 3 is 2.40 bits per heavy atom. The van der Waals surface area contributed by atoms with Crippen molar-refractivity contribution in [2.75, 3.05) is 7.11 Å². The van der Waals surface area contributed by atoms with Crippen LogP contribution in [0.15, 0.2) is 54.9 Å². The predicted molar refractivity (Wildman–Crippen MR) is 79.5 cm³/mol. The summed E-state index contributed by atoms with van der Waals surface area (Å²) in [5.41, 5.74) is 1.20. The van der Waals surface area contributed by atoms with E-state index in [9.17, 15) is 0 Å². The molecule has 0 aliphatic carbocycles. The van der Waals surface area contributed by atoms with Crippen LogP contribution in [0.5, 0.6) is 17.2 Å². The average Bonchev–Trinajstić information content (AvgIpc) is 2.49. The summed E-state index contributed by atoms with van der Waals surface area (Å²) in [6, 6.07) is 13.8. The largest absolute Gasteiger partial charge is 0.497 e. The number of nitrogens with zero attached hydrogens (tertiary/aromatic N) is 1. The third kappa shape index (κ3) is 2.43. The molecule has 0 saturated carbocycles. The van der Waals surface area contributed by atoms with Crippen LogP contribution in [0.1, 0.15) is 5.56 Å². The summed E-state index contributed by atoms with van der Waals surface area (Å²) in [5, 5.41) is 2.01. The van der Waals surface area contributed by atoms with Crippen molar-refractivity contribution in [3.63, 3.8) is 0 Å². The van der Waals surface area contributed by atoms with Crippen LogP contribution >= 0.6 is 0 Å². The number of benzene rings is 2. The lowest BCUT2D eigenvalue weighted by atomic mass is 10.1. The number of methoxy groups -OCH3 is 1. The van der Waals surface area contributed by atoms with Crippen LogP contribution in [0.4, 0.5) is 0 Å². The summed E-state index contributed by atoms with van der Waals surface area (Å²) in [4.78, 5) is 4.22. The Morgan fingerprint density at radius 2 is 1.65 bits per heavy atom. The maximum Gasteiger partial charge on any atom is 0.153 e. The van der Waals surface area contributed by atoms with Gasteiger partial charge in [0.2, 0.25) is 0 Å². The quantitative estimate of drug-likeness (QED) is 0.705.